The fourth-order valence-electron chi connectivity index (χ4n) is 3.28. The molecule has 8 nitrogen and oxygen atoms in total. The maximum absolute atomic E-state index is 12.8. The first-order chi connectivity index (χ1) is 13.5. The van der Waals surface area contributed by atoms with Crippen LogP contribution in [0.3, 0.4) is 0 Å². The average molecular weight is 390 g/mol. The molecule has 0 N–H and O–H groups in total. The SMILES string of the molecule is CCCCCCN(CCC(=O)N1CCN(C(C)=O)CC1)C(=O)c1cnccn1. The molecule has 0 aromatic carbocycles. The fraction of sp³-hybridized carbons (Fsp3) is 0.650. The summed E-state index contributed by atoms with van der Waals surface area (Å²) in [5.74, 6) is -0.118. The van der Waals surface area contributed by atoms with Crippen molar-refractivity contribution in [2.75, 3.05) is 39.3 Å². The van der Waals surface area contributed by atoms with Crippen LogP contribution in [0.5, 0.6) is 0 Å². The largest absolute Gasteiger partial charge is 0.339 e. The van der Waals surface area contributed by atoms with E-state index in [1.165, 1.54) is 18.6 Å². The Morgan fingerprint density at radius 1 is 1.00 bits per heavy atom. The van der Waals surface area contributed by atoms with Crippen LogP contribution in [0, 0.1) is 0 Å². The molecule has 1 saturated heterocycles. The number of rotatable bonds is 9. The van der Waals surface area contributed by atoms with E-state index < -0.39 is 0 Å². The molecular formula is C20H31N5O3. The van der Waals surface area contributed by atoms with Gasteiger partial charge in [-0.3, -0.25) is 19.4 Å². The highest BCUT2D eigenvalue weighted by Gasteiger charge is 2.24. The van der Waals surface area contributed by atoms with Gasteiger partial charge in [-0.05, 0) is 6.42 Å². The van der Waals surface area contributed by atoms with Crippen molar-refractivity contribution in [3.8, 4) is 0 Å². The first kappa shape index (κ1) is 21.8. The maximum Gasteiger partial charge on any atom is 0.274 e. The van der Waals surface area contributed by atoms with Gasteiger partial charge in [0.05, 0.1) is 6.20 Å². The molecule has 0 spiro atoms. The summed E-state index contributed by atoms with van der Waals surface area (Å²) in [6.45, 7) is 6.91. The highest BCUT2D eigenvalue weighted by atomic mass is 16.2. The van der Waals surface area contributed by atoms with Crippen LogP contribution in [-0.4, -0.2) is 81.7 Å². The van der Waals surface area contributed by atoms with E-state index in [9.17, 15) is 14.4 Å². The van der Waals surface area contributed by atoms with Crippen LogP contribution in [0.25, 0.3) is 0 Å². The summed E-state index contributed by atoms with van der Waals surface area (Å²) in [6.07, 6.45) is 9.00. The molecule has 2 heterocycles. The Labute approximate surface area is 166 Å². The zero-order valence-electron chi connectivity index (χ0n) is 17.0. The van der Waals surface area contributed by atoms with Gasteiger partial charge in [0.25, 0.3) is 5.91 Å². The predicted octanol–water partition coefficient (Wildman–Crippen LogP) is 1.58. The van der Waals surface area contributed by atoms with Crippen molar-refractivity contribution in [1.82, 2.24) is 24.7 Å². The molecule has 2 rings (SSSR count). The molecule has 0 radical (unpaired) electrons. The van der Waals surface area contributed by atoms with Crippen molar-refractivity contribution >= 4 is 17.7 Å². The number of carbonyl (C=O) groups is 3. The van der Waals surface area contributed by atoms with E-state index in [1.807, 2.05) is 0 Å². The standard InChI is InChI=1S/C20H31N5O3/c1-3-4-5-6-10-25(20(28)18-16-21-8-9-22-18)11-7-19(27)24-14-12-23(13-15-24)17(2)26/h8-9,16H,3-7,10-15H2,1-2H3. The molecule has 154 valence electrons. The van der Waals surface area contributed by atoms with Crippen LogP contribution in [0.4, 0.5) is 0 Å². The van der Waals surface area contributed by atoms with Gasteiger partial charge >= 0.3 is 0 Å². The minimum atomic E-state index is -0.182. The van der Waals surface area contributed by atoms with Gasteiger partial charge in [0.1, 0.15) is 5.69 Å². The lowest BCUT2D eigenvalue weighted by atomic mass is 10.2. The van der Waals surface area contributed by atoms with Crippen LogP contribution in [-0.2, 0) is 9.59 Å². The summed E-state index contributed by atoms with van der Waals surface area (Å²) < 4.78 is 0. The second kappa shape index (κ2) is 11.4. The van der Waals surface area contributed by atoms with Gasteiger partial charge in [-0.1, -0.05) is 26.2 Å². The van der Waals surface area contributed by atoms with Gasteiger partial charge in [0.15, 0.2) is 0 Å². The smallest absolute Gasteiger partial charge is 0.274 e. The van der Waals surface area contributed by atoms with Crippen LogP contribution in [0.1, 0.15) is 56.4 Å². The van der Waals surface area contributed by atoms with Crippen LogP contribution in [0.2, 0.25) is 0 Å². The van der Waals surface area contributed by atoms with Gasteiger partial charge < -0.3 is 14.7 Å². The van der Waals surface area contributed by atoms with Crippen LogP contribution >= 0.6 is 0 Å². The predicted molar refractivity (Wildman–Crippen MR) is 106 cm³/mol. The Kier molecular flexibility index (Phi) is 8.84. The second-order valence-corrected chi connectivity index (χ2v) is 7.08. The minimum absolute atomic E-state index is 0.0220. The summed E-state index contributed by atoms with van der Waals surface area (Å²) in [4.78, 5) is 50.1. The molecule has 28 heavy (non-hydrogen) atoms. The van der Waals surface area contributed by atoms with Crippen molar-refractivity contribution in [3.05, 3.63) is 24.3 Å². The minimum Gasteiger partial charge on any atom is -0.339 e. The number of hydrogen-bond acceptors (Lipinski definition) is 5. The molecule has 1 aromatic heterocycles. The number of carbonyl (C=O) groups excluding carboxylic acids is 3. The van der Waals surface area contributed by atoms with E-state index in [-0.39, 0.29) is 24.1 Å². The van der Waals surface area contributed by atoms with E-state index in [1.54, 1.807) is 21.6 Å². The Morgan fingerprint density at radius 3 is 2.32 bits per heavy atom. The molecule has 0 bridgehead atoms. The highest BCUT2D eigenvalue weighted by Crippen LogP contribution is 2.09. The van der Waals surface area contributed by atoms with Crippen molar-refractivity contribution in [1.29, 1.82) is 0 Å². The lowest BCUT2D eigenvalue weighted by molar-refractivity contribution is -0.138. The molecule has 1 fully saturated rings. The Bertz CT molecular complexity index is 645. The van der Waals surface area contributed by atoms with E-state index in [4.69, 9.17) is 0 Å². The molecule has 0 unspecified atom stereocenters. The number of aromatic nitrogens is 2. The van der Waals surface area contributed by atoms with Gasteiger partial charge in [-0.2, -0.15) is 0 Å². The molecule has 0 aliphatic carbocycles. The molecule has 8 heteroatoms. The first-order valence-electron chi connectivity index (χ1n) is 10.1. The summed E-state index contributed by atoms with van der Waals surface area (Å²) >= 11 is 0. The Hall–Kier alpha value is -2.51. The molecule has 1 aliphatic heterocycles. The van der Waals surface area contributed by atoms with Crippen LogP contribution in [0.15, 0.2) is 18.6 Å². The number of nitrogens with zero attached hydrogens (tertiary/aromatic N) is 5. The molecule has 1 aromatic rings. The summed E-state index contributed by atoms with van der Waals surface area (Å²) in [5.41, 5.74) is 0.306. The number of unbranched alkanes of at least 4 members (excludes halogenated alkanes) is 3. The Morgan fingerprint density at radius 2 is 1.71 bits per heavy atom. The third-order valence-corrected chi connectivity index (χ3v) is 5.02. The fourth-order valence-corrected chi connectivity index (χ4v) is 3.28. The van der Waals surface area contributed by atoms with Crippen molar-refractivity contribution in [2.45, 2.75) is 46.0 Å². The van der Waals surface area contributed by atoms with E-state index in [2.05, 4.69) is 16.9 Å². The maximum atomic E-state index is 12.8. The van der Waals surface area contributed by atoms with E-state index >= 15 is 0 Å². The third-order valence-electron chi connectivity index (χ3n) is 5.02. The van der Waals surface area contributed by atoms with Gasteiger partial charge in [-0.15, -0.1) is 0 Å². The van der Waals surface area contributed by atoms with Crippen LogP contribution < -0.4 is 0 Å². The molecule has 0 atom stereocenters. The van der Waals surface area contributed by atoms with Crippen molar-refractivity contribution in [2.24, 2.45) is 0 Å². The molecule has 0 saturated carbocycles. The Balaban J connectivity index is 1.89. The lowest BCUT2D eigenvalue weighted by Gasteiger charge is -2.34. The first-order valence-corrected chi connectivity index (χ1v) is 10.1. The number of hydrogen-bond donors (Lipinski definition) is 0. The summed E-state index contributed by atoms with van der Waals surface area (Å²) in [5, 5.41) is 0. The van der Waals surface area contributed by atoms with Crippen molar-refractivity contribution < 1.29 is 14.4 Å². The topological polar surface area (TPSA) is 86.7 Å². The molecule has 3 amide bonds. The summed E-state index contributed by atoms with van der Waals surface area (Å²) in [7, 11) is 0. The van der Waals surface area contributed by atoms with Gasteiger partial charge in [0, 0.05) is 65.0 Å². The molecule has 1 aliphatic rings. The zero-order chi connectivity index (χ0) is 20.4. The average Bonchev–Trinajstić information content (AvgIpc) is 2.73. The molecular weight excluding hydrogens is 358 g/mol. The van der Waals surface area contributed by atoms with E-state index in [0.717, 1.165) is 25.7 Å². The summed E-state index contributed by atoms with van der Waals surface area (Å²) in [6, 6.07) is 0. The van der Waals surface area contributed by atoms with Gasteiger partial charge in [-0.25, -0.2) is 4.98 Å². The normalized spacial score (nSPS) is 14.1. The highest BCUT2D eigenvalue weighted by molar-refractivity contribution is 5.92. The number of piperazine rings is 1. The zero-order valence-corrected chi connectivity index (χ0v) is 17.0. The van der Waals surface area contributed by atoms with E-state index in [0.29, 0.717) is 45.0 Å². The lowest BCUT2D eigenvalue weighted by Crippen LogP contribution is -2.50. The monoisotopic (exact) mass is 389 g/mol. The third kappa shape index (κ3) is 6.58. The number of amides is 3. The van der Waals surface area contributed by atoms with Gasteiger partial charge in [0.2, 0.25) is 11.8 Å². The van der Waals surface area contributed by atoms with Crippen molar-refractivity contribution in [3.63, 3.8) is 0 Å². The second-order valence-electron chi connectivity index (χ2n) is 7.08. The quantitative estimate of drug-likeness (QED) is 0.599.